The molecule has 2 heterocycles. The number of aryl methyl sites for hydroxylation is 3. The minimum atomic E-state index is -0.240. The van der Waals surface area contributed by atoms with E-state index >= 15 is 0 Å². The Morgan fingerprint density at radius 1 is 0.971 bits per heavy atom. The van der Waals surface area contributed by atoms with E-state index in [2.05, 4.69) is 10.3 Å². The third kappa shape index (κ3) is 5.09. The molecule has 0 atom stereocenters. The fraction of sp³-hybridized carbons (Fsp3) is 0.222. The number of carbonyl (C=O) groups excluding carboxylic acids is 2. The molecule has 0 aliphatic carbocycles. The predicted octanol–water partition coefficient (Wildman–Crippen LogP) is 4.55. The Morgan fingerprint density at radius 3 is 2.32 bits per heavy atom. The van der Waals surface area contributed by atoms with Gasteiger partial charge < -0.3 is 19.4 Å². The Labute approximate surface area is 199 Å². The van der Waals surface area contributed by atoms with E-state index in [1.807, 2.05) is 67.9 Å². The van der Waals surface area contributed by atoms with Gasteiger partial charge in [-0.05, 0) is 67.8 Å². The van der Waals surface area contributed by atoms with Crippen LogP contribution < -0.4 is 10.1 Å². The molecule has 1 N–H and O–H groups in total. The van der Waals surface area contributed by atoms with Crippen LogP contribution in [0.2, 0.25) is 0 Å². The number of likely N-dealkylation sites (N-methyl/N-ethyl adjacent to an activating group) is 1. The summed E-state index contributed by atoms with van der Waals surface area (Å²) in [6.07, 6.45) is 3.90. The van der Waals surface area contributed by atoms with Crippen LogP contribution in [0.15, 0.2) is 67.0 Å². The SMILES string of the molecule is Cc1cccc(C)c1NC(=O)CN(C)C(=O)c1ccc(OCc2cn3cccc(C)c3n2)cc1. The van der Waals surface area contributed by atoms with Crippen LogP contribution in [0.25, 0.3) is 5.65 Å². The second-order valence-corrected chi connectivity index (χ2v) is 8.44. The number of ether oxygens (including phenoxy) is 1. The highest BCUT2D eigenvalue weighted by Crippen LogP contribution is 2.20. The van der Waals surface area contributed by atoms with E-state index in [9.17, 15) is 9.59 Å². The van der Waals surface area contributed by atoms with Crippen LogP contribution in [0.3, 0.4) is 0 Å². The summed E-state index contributed by atoms with van der Waals surface area (Å²) in [5, 5.41) is 2.91. The summed E-state index contributed by atoms with van der Waals surface area (Å²) >= 11 is 0. The minimum Gasteiger partial charge on any atom is -0.487 e. The maximum atomic E-state index is 12.8. The highest BCUT2D eigenvalue weighted by atomic mass is 16.5. The standard InChI is InChI=1S/C27H28N4O3/c1-18-7-5-8-19(2)25(18)29-24(32)16-30(4)27(33)21-10-12-23(13-11-21)34-17-22-15-31-14-6-9-20(3)26(31)28-22/h5-15H,16-17H2,1-4H3,(H,29,32). The van der Waals surface area contributed by atoms with Crippen LogP contribution >= 0.6 is 0 Å². The molecule has 2 aromatic carbocycles. The first-order valence-electron chi connectivity index (χ1n) is 11.1. The van der Waals surface area contributed by atoms with Crippen molar-refractivity contribution in [3.8, 4) is 5.75 Å². The van der Waals surface area contributed by atoms with Gasteiger partial charge in [0.1, 0.15) is 18.0 Å². The van der Waals surface area contributed by atoms with E-state index in [1.54, 1.807) is 31.3 Å². The Morgan fingerprint density at radius 2 is 1.65 bits per heavy atom. The van der Waals surface area contributed by atoms with Crippen molar-refractivity contribution in [1.29, 1.82) is 0 Å². The largest absolute Gasteiger partial charge is 0.487 e. The lowest BCUT2D eigenvalue weighted by Gasteiger charge is -2.18. The lowest BCUT2D eigenvalue weighted by atomic mass is 10.1. The van der Waals surface area contributed by atoms with E-state index in [0.717, 1.165) is 33.7 Å². The van der Waals surface area contributed by atoms with Crippen molar-refractivity contribution in [3.63, 3.8) is 0 Å². The quantitative estimate of drug-likeness (QED) is 0.443. The smallest absolute Gasteiger partial charge is 0.254 e. The van der Waals surface area contributed by atoms with Crippen molar-refractivity contribution >= 4 is 23.1 Å². The topological polar surface area (TPSA) is 75.9 Å². The molecule has 7 heteroatoms. The van der Waals surface area contributed by atoms with Crippen molar-refractivity contribution in [2.24, 2.45) is 0 Å². The zero-order valence-corrected chi connectivity index (χ0v) is 19.8. The van der Waals surface area contributed by atoms with Crippen molar-refractivity contribution in [2.75, 3.05) is 18.9 Å². The maximum absolute atomic E-state index is 12.8. The summed E-state index contributed by atoms with van der Waals surface area (Å²) in [7, 11) is 1.61. The van der Waals surface area contributed by atoms with Gasteiger partial charge in [0, 0.05) is 30.7 Å². The first-order chi connectivity index (χ1) is 16.3. The lowest BCUT2D eigenvalue weighted by molar-refractivity contribution is -0.116. The summed E-state index contributed by atoms with van der Waals surface area (Å²) in [4.78, 5) is 31.3. The highest BCUT2D eigenvalue weighted by Gasteiger charge is 2.16. The second kappa shape index (κ2) is 9.79. The third-order valence-electron chi connectivity index (χ3n) is 5.69. The average molecular weight is 457 g/mol. The van der Waals surface area contributed by atoms with E-state index in [0.29, 0.717) is 17.9 Å². The molecule has 0 radical (unpaired) electrons. The molecule has 4 rings (SSSR count). The van der Waals surface area contributed by atoms with Gasteiger partial charge in [0.05, 0.1) is 12.2 Å². The highest BCUT2D eigenvalue weighted by molar-refractivity contribution is 5.99. The van der Waals surface area contributed by atoms with Gasteiger partial charge in [-0.25, -0.2) is 4.98 Å². The number of amides is 2. The number of hydrogen-bond acceptors (Lipinski definition) is 4. The number of hydrogen-bond donors (Lipinski definition) is 1. The average Bonchev–Trinajstić information content (AvgIpc) is 3.25. The van der Waals surface area contributed by atoms with Crippen LogP contribution in [0.4, 0.5) is 5.69 Å². The molecule has 174 valence electrons. The van der Waals surface area contributed by atoms with Gasteiger partial charge in [-0.1, -0.05) is 24.3 Å². The van der Waals surface area contributed by atoms with Crippen molar-refractivity contribution in [3.05, 3.63) is 94.9 Å². The van der Waals surface area contributed by atoms with Crippen LogP contribution in [-0.2, 0) is 11.4 Å². The summed E-state index contributed by atoms with van der Waals surface area (Å²) < 4.78 is 7.82. The van der Waals surface area contributed by atoms with Gasteiger partial charge in [-0.15, -0.1) is 0 Å². The first kappa shape index (κ1) is 23.0. The molecule has 2 amide bonds. The van der Waals surface area contributed by atoms with Gasteiger partial charge >= 0.3 is 0 Å². The van der Waals surface area contributed by atoms with Crippen LogP contribution in [0.1, 0.15) is 32.7 Å². The molecule has 0 unspecified atom stereocenters. The molecule has 7 nitrogen and oxygen atoms in total. The molecule has 0 saturated heterocycles. The number of nitrogens with zero attached hydrogens (tertiary/aromatic N) is 3. The maximum Gasteiger partial charge on any atom is 0.254 e. The van der Waals surface area contributed by atoms with Gasteiger partial charge in [0.25, 0.3) is 5.91 Å². The molecule has 2 aromatic heterocycles. The van der Waals surface area contributed by atoms with Gasteiger partial charge in [0.15, 0.2) is 0 Å². The first-order valence-corrected chi connectivity index (χ1v) is 11.1. The Bertz CT molecular complexity index is 1320. The summed E-state index contributed by atoms with van der Waals surface area (Å²) in [6.45, 7) is 6.19. The number of benzene rings is 2. The van der Waals surface area contributed by atoms with Crippen LogP contribution in [-0.4, -0.2) is 39.7 Å². The van der Waals surface area contributed by atoms with Gasteiger partial charge in [0.2, 0.25) is 5.91 Å². The second-order valence-electron chi connectivity index (χ2n) is 8.44. The van der Waals surface area contributed by atoms with E-state index in [-0.39, 0.29) is 18.4 Å². The Kier molecular flexibility index (Phi) is 6.63. The Balaban J connectivity index is 1.33. The number of para-hydroxylation sites is 1. The number of rotatable bonds is 7. The summed E-state index contributed by atoms with van der Waals surface area (Å²) in [5.41, 5.74) is 6.07. The number of pyridine rings is 1. The Hall–Kier alpha value is -4.13. The normalized spacial score (nSPS) is 10.8. The van der Waals surface area contributed by atoms with E-state index < -0.39 is 0 Å². The molecule has 0 aliphatic rings. The fourth-order valence-electron chi connectivity index (χ4n) is 3.82. The lowest BCUT2D eigenvalue weighted by Crippen LogP contribution is -2.35. The number of imidazole rings is 1. The minimum absolute atomic E-state index is 0.0435. The van der Waals surface area contributed by atoms with Gasteiger partial charge in [-0.2, -0.15) is 0 Å². The van der Waals surface area contributed by atoms with E-state index in [1.165, 1.54) is 4.90 Å². The zero-order chi connectivity index (χ0) is 24.2. The van der Waals surface area contributed by atoms with Crippen LogP contribution in [0, 0.1) is 20.8 Å². The van der Waals surface area contributed by atoms with Crippen LogP contribution in [0.5, 0.6) is 5.75 Å². The predicted molar refractivity (Wildman–Crippen MR) is 132 cm³/mol. The van der Waals surface area contributed by atoms with Crippen molar-refractivity contribution < 1.29 is 14.3 Å². The monoisotopic (exact) mass is 456 g/mol. The number of aromatic nitrogens is 2. The zero-order valence-electron chi connectivity index (χ0n) is 19.8. The third-order valence-corrected chi connectivity index (χ3v) is 5.69. The molecule has 0 bridgehead atoms. The fourth-order valence-corrected chi connectivity index (χ4v) is 3.82. The molecular weight excluding hydrogens is 428 g/mol. The molecule has 4 aromatic rings. The van der Waals surface area contributed by atoms with Crippen molar-refractivity contribution in [2.45, 2.75) is 27.4 Å². The molecule has 0 spiro atoms. The summed E-state index contributed by atoms with van der Waals surface area (Å²) in [5.74, 6) is 0.163. The van der Waals surface area contributed by atoms with Crippen molar-refractivity contribution in [1.82, 2.24) is 14.3 Å². The summed E-state index contributed by atoms with van der Waals surface area (Å²) in [6, 6.07) is 16.7. The van der Waals surface area contributed by atoms with Gasteiger partial charge in [-0.3, -0.25) is 9.59 Å². The number of anilines is 1. The molecule has 0 saturated carbocycles. The molecule has 34 heavy (non-hydrogen) atoms. The molecule has 0 fully saturated rings. The number of nitrogens with one attached hydrogen (secondary N) is 1. The van der Waals surface area contributed by atoms with E-state index in [4.69, 9.17) is 4.74 Å². The molecule has 0 aliphatic heterocycles. The number of carbonyl (C=O) groups is 2. The molecular formula is C27H28N4O3. The number of fused-ring (bicyclic) bond motifs is 1.